The van der Waals surface area contributed by atoms with Crippen LogP contribution in [0.3, 0.4) is 0 Å². The lowest BCUT2D eigenvalue weighted by Crippen LogP contribution is -2.38. The average molecular weight is 856 g/mol. The van der Waals surface area contributed by atoms with E-state index in [9.17, 15) is 9.18 Å². The molecule has 0 amide bonds. The quantitative estimate of drug-likeness (QED) is 0.162. The normalized spacial score (nSPS) is 15.5. The molecule has 0 saturated heterocycles. The van der Waals surface area contributed by atoms with Crippen LogP contribution in [0.1, 0.15) is 40.3 Å². The fraction of sp³-hybridized carbons (Fsp3) is 0.167. The molecule has 0 N–H and O–H groups in total. The molecular weight excluding hydrogens is 829 g/mol. The van der Waals surface area contributed by atoms with Gasteiger partial charge in [-0.05, 0) is 111 Å². The number of hydrogen-bond donors (Lipinski definition) is 0. The molecule has 1 atom stereocenters. The molecule has 0 saturated carbocycles. The number of aryl methyl sites for hydroxylation is 1. The second-order valence-corrected chi connectivity index (χ2v) is 14.3. The molecule has 0 unspecified atom stereocenters. The Morgan fingerprint density at radius 1 is 0.978 bits per heavy atom. The molecular formula is C36H27FI2N2O4S. The maximum Gasteiger partial charge on any atom is 0.271 e. The number of nitrogens with zero attached hydrogens (tertiary/aromatic N) is 2. The van der Waals surface area contributed by atoms with Gasteiger partial charge in [-0.3, -0.25) is 9.36 Å². The summed E-state index contributed by atoms with van der Waals surface area (Å²) in [7, 11) is 3.22. The van der Waals surface area contributed by atoms with Crippen molar-refractivity contribution in [3.8, 4) is 17.2 Å². The zero-order valence-electron chi connectivity index (χ0n) is 24.9. The number of hydrogen-bond acceptors (Lipinski definition) is 6. The number of halogens is 3. The second-order valence-electron chi connectivity index (χ2n) is 10.9. The fourth-order valence-electron chi connectivity index (χ4n) is 6.09. The van der Waals surface area contributed by atoms with Crippen LogP contribution in [0.25, 0.3) is 11.8 Å². The van der Waals surface area contributed by atoms with Gasteiger partial charge in [0.2, 0.25) is 0 Å². The summed E-state index contributed by atoms with van der Waals surface area (Å²) in [4.78, 5) is 20.2. The molecule has 0 spiro atoms. The molecule has 2 heterocycles. The number of allylic oxidation sites excluding steroid dienone is 1. The van der Waals surface area contributed by atoms with Gasteiger partial charge in [-0.1, -0.05) is 59.9 Å². The Kier molecular flexibility index (Phi) is 8.77. The van der Waals surface area contributed by atoms with Gasteiger partial charge in [-0.15, -0.1) is 0 Å². The Hall–Kier alpha value is -3.49. The summed E-state index contributed by atoms with van der Waals surface area (Å²) < 4.78 is 36.0. The molecule has 1 aromatic heterocycles. The third-order valence-electron chi connectivity index (χ3n) is 8.25. The number of thiazole rings is 1. The van der Waals surface area contributed by atoms with Gasteiger partial charge in [-0.25, -0.2) is 9.38 Å². The van der Waals surface area contributed by atoms with E-state index in [1.807, 2.05) is 47.0 Å². The SMILES string of the molecule is COc1ccc([C@@H]2C3=C(N=c4s/c(=C/c5cc(I)cc(I)c5OCc5ccccc5F)c(=O)n42)c2ccccc2CC3)cc1OC. The van der Waals surface area contributed by atoms with Crippen molar-refractivity contribution in [3.05, 3.63) is 145 Å². The van der Waals surface area contributed by atoms with E-state index in [4.69, 9.17) is 19.2 Å². The van der Waals surface area contributed by atoms with E-state index in [0.29, 0.717) is 32.1 Å². The lowest BCUT2D eigenvalue weighted by molar-refractivity contribution is 0.297. The summed E-state index contributed by atoms with van der Waals surface area (Å²) in [6.07, 6.45) is 3.51. The lowest BCUT2D eigenvalue weighted by Gasteiger charge is -2.31. The minimum Gasteiger partial charge on any atom is -0.493 e. The van der Waals surface area contributed by atoms with Gasteiger partial charge >= 0.3 is 0 Å². The minimum absolute atomic E-state index is 0.0663. The summed E-state index contributed by atoms with van der Waals surface area (Å²) in [5, 5.41) is 0. The molecule has 1 aliphatic carbocycles. The summed E-state index contributed by atoms with van der Waals surface area (Å²) in [6, 6.07) is 24.4. The molecule has 2 aliphatic rings. The highest BCUT2D eigenvalue weighted by atomic mass is 127. The van der Waals surface area contributed by atoms with Crippen LogP contribution in [0.15, 0.2) is 94.2 Å². The number of aromatic nitrogens is 1. The first-order chi connectivity index (χ1) is 22.4. The largest absolute Gasteiger partial charge is 0.493 e. The van der Waals surface area contributed by atoms with Crippen LogP contribution in [0.2, 0.25) is 0 Å². The van der Waals surface area contributed by atoms with E-state index in [1.54, 1.807) is 32.4 Å². The van der Waals surface area contributed by atoms with E-state index in [2.05, 4.69) is 63.4 Å². The Morgan fingerprint density at radius 3 is 2.57 bits per heavy atom. The molecule has 46 heavy (non-hydrogen) atoms. The predicted octanol–water partition coefficient (Wildman–Crippen LogP) is 7.26. The maximum atomic E-state index is 14.4. The Bertz CT molecular complexity index is 2230. The number of ether oxygens (including phenoxy) is 3. The van der Waals surface area contributed by atoms with Crippen molar-refractivity contribution in [2.75, 3.05) is 14.2 Å². The third kappa shape index (κ3) is 5.68. The van der Waals surface area contributed by atoms with E-state index in [0.717, 1.165) is 47.9 Å². The van der Waals surface area contributed by atoms with E-state index < -0.39 is 0 Å². The number of benzene rings is 4. The molecule has 0 radical (unpaired) electrons. The van der Waals surface area contributed by atoms with Gasteiger partial charge in [-0.2, -0.15) is 0 Å². The van der Waals surface area contributed by atoms with Crippen LogP contribution in [0, 0.1) is 13.0 Å². The molecule has 232 valence electrons. The van der Waals surface area contributed by atoms with Crippen LogP contribution in [0.5, 0.6) is 17.2 Å². The van der Waals surface area contributed by atoms with E-state index in [1.165, 1.54) is 23.0 Å². The third-order valence-corrected chi connectivity index (χ3v) is 10.7. The minimum atomic E-state index is -0.366. The Labute approximate surface area is 296 Å². The summed E-state index contributed by atoms with van der Waals surface area (Å²) in [5.74, 6) is 1.50. The van der Waals surface area contributed by atoms with E-state index >= 15 is 0 Å². The van der Waals surface area contributed by atoms with Gasteiger partial charge in [0.15, 0.2) is 16.3 Å². The number of methoxy groups -OCH3 is 2. The van der Waals surface area contributed by atoms with Crippen LogP contribution in [-0.2, 0) is 13.0 Å². The van der Waals surface area contributed by atoms with Gasteiger partial charge in [0, 0.05) is 20.3 Å². The molecule has 10 heteroatoms. The summed E-state index contributed by atoms with van der Waals surface area (Å²) in [5.41, 5.74) is 6.36. The zero-order valence-corrected chi connectivity index (χ0v) is 30.0. The van der Waals surface area contributed by atoms with Gasteiger partial charge in [0.05, 0.1) is 34.1 Å². The van der Waals surface area contributed by atoms with Crippen molar-refractivity contribution in [3.63, 3.8) is 0 Å². The molecule has 5 aromatic rings. The maximum absolute atomic E-state index is 14.4. The van der Waals surface area contributed by atoms with Crippen molar-refractivity contribution in [1.29, 1.82) is 0 Å². The molecule has 0 bridgehead atoms. The van der Waals surface area contributed by atoms with Crippen LogP contribution in [0.4, 0.5) is 4.39 Å². The first-order valence-corrected chi connectivity index (χ1v) is 17.5. The second kappa shape index (κ2) is 13.0. The molecule has 0 fully saturated rings. The van der Waals surface area contributed by atoms with Crippen molar-refractivity contribution < 1.29 is 18.6 Å². The Balaban J connectivity index is 1.41. The van der Waals surface area contributed by atoms with Crippen LogP contribution >= 0.6 is 56.5 Å². The monoisotopic (exact) mass is 856 g/mol. The molecule has 7 rings (SSSR count). The molecule has 6 nitrogen and oxygen atoms in total. The summed E-state index contributed by atoms with van der Waals surface area (Å²) >= 11 is 5.84. The van der Waals surface area contributed by atoms with Gasteiger partial charge in [0.1, 0.15) is 18.2 Å². The molecule has 4 aromatic carbocycles. The van der Waals surface area contributed by atoms with Gasteiger partial charge in [0.25, 0.3) is 5.56 Å². The topological polar surface area (TPSA) is 62.0 Å². The smallest absolute Gasteiger partial charge is 0.271 e. The standard InChI is InChI=1S/C36H27FI2N2O4S/c1-43-29-14-12-21(16-30(29)44-2)33-26-13-11-20-7-3-5-9-25(20)32(26)40-36-41(33)35(42)31(46-36)17-23-15-24(38)18-28(39)34(23)45-19-22-8-4-6-10-27(22)37/h3-10,12,14-18,33H,11,13,19H2,1-2H3/b31-17+/t33-/m1/s1. The van der Waals surface area contributed by atoms with Crippen LogP contribution in [-0.4, -0.2) is 18.8 Å². The highest BCUT2D eigenvalue weighted by Gasteiger charge is 2.33. The number of rotatable bonds is 7. The number of fused-ring (bicyclic) bond motifs is 3. The van der Waals surface area contributed by atoms with Gasteiger partial charge < -0.3 is 14.2 Å². The van der Waals surface area contributed by atoms with Crippen molar-refractivity contribution in [1.82, 2.24) is 4.57 Å². The van der Waals surface area contributed by atoms with E-state index in [-0.39, 0.29) is 24.0 Å². The first-order valence-electron chi connectivity index (χ1n) is 14.6. The Morgan fingerprint density at radius 2 is 1.76 bits per heavy atom. The predicted molar refractivity (Wildman–Crippen MR) is 195 cm³/mol. The fourth-order valence-corrected chi connectivity index (χ4v) is 9.13. The summed E-state index contributed by atoms with van der Waals surface area (Å²) in [6.45, 7) is 0.0663. The van der Waals surface area contributed by atoms with Crippen LogP contribution < -0.4 is 29.1 Å². The average Bonchev–Trinajstić information content (AvgIpc) is 3.37. The van der Waals surface area contributed by atoms with Crippen molar-refractivity contribution in [2.24, 2.45) is 4.99 Å². The zero-order chi connectivity index (χ0) is 31.9. The molecule has 1 aliphatic heterocycles. The highest BCUT2D eigenvalue weighted by molar-refractivity contribution is 14.1. The first kappa shape index (κ1) is 31.1. The lowest BCUT2D eigenvalue weighted by atomic mass is 9.83. The van der Waals surface area contributed by atoms with Crippen molar-refractivity contribution in [2.45, 2.75) is 25.5 Å². The van der Waals surface area contributed by atoms with Crippen molar-refractivity contribution >= 4 is 68.3 Å². The highest BCUT2D eigenvalue weighted by Crippen LogP contribution is 2.43.